The summed E-state index contributed by atoms with van der Waals surface area (Å²) in [6, 6.07) is 76.3. The van der Waals surface area contributed by atoms with Crippen molar-refractivity contribution in [2.45, 2.75) is 78.6 Å². The average molecular weight is 1000 g/mol. The van der Waals surface area contributed by atoms with E-state index in [0.717, 1.165) is 94.8 Å². The summed E-state index contributed by atoms with van der Waals surface area (Å²) < 4.78 is 4.62. The molecule has 0 aliphatic carbocycles. The number of hydrogen-bond acceptors (Lipinski definition) is 3. The second-order valence-corrected chi connectivity index (χ2v) is 23.7. The summed E-state index contributed by atoms with van der Waals surface area (Å²) in [4.78, 5) is 10.9. The smallest absolute Gasteiger partial charge is 0.149 e. The van der Waals surface area contributed by atoms with Crippen LogP contribution in [0.15, 0.2) is 219 Å². The summed E-state index contributed by atoms with van der Waals surface area (Å²) in [5.74, 6) is 0.937. The second-order valence-electron chi connectivity index (χ2n) is 23.7. The zero-order valence-electron chi connectivity index (χ0n) is 45.5. The van der Waals surface area contributed by atoms with E-state index >= 15 is 0 Å². The number of phenols is 1. The molecule has 3 aromatic heterocycles. The molecule has 77 heavy (non-hydrogen) atoms. The van der Waals surface area contributed by atoms with E-state index in [1.54, 1.807) is 0 Å². The first-order valence-electron chi connectivity index (χ1n) is 26.9. The Morgan fingerprint density at radius 3 is 1.64 bits per heavy atom. The lowest BCUT2D eigenvalue weighted by Crippen LogP contribution is -2.17. The maximum absolute atomic E-state index is 12.5. The van der Waals surface area contributed by atoms with E-state index < -0.39 is 0 Å². The molecule has 0 saturated carbocycles. The predicted molar refractivity (Wildman–Crippen MR) is 324 cm³/mol. The van der Waals surface area contributed by atoms with Gasteiger partial charge in [0.1, 0.15) is 11.6 Å². The Morgan fingerprint density at radius 1 is 0.377 bits per heavy atom. The molecule has 0 fully saturated rings. The predicted octanol–water partition coefficient (Wildman–Crippen LogP) is 19.1. The maximum Gasteiger partial charge on any atom is 0.149 e. The molecule has 0 bridgehead atoms. The van der Waals surface area contributed by atoms with Crippen LogP contribution in [0.5, 0.6) is 5.75 Å². The number of nitrogens with zero attached hydrogens (tertiary/aromatic N) is 4. The summed E-state index contributed by atoms with van der Waals surface area (Å²) in [5, 5.41) is 14.9. The highest BCUT2D eigenvalue weighted by molar-refractivity contribution is 6.14. The summed E-state index contributed by atoms with van der Waals surface area (Å²) in [5.41, 5.74) is 20.1. The fourth-order valence-corrected chi connectivity index (χ4v) is 11.2. The number of aromatic nitrogens is 4. The number of hydrogen-bond donors (Lipinski definition) is 1. The van der Waals surface area contributed by atoms with Crippen LogP contribution in [0.2, 0.25) is 0 Å². The van der Waals surface area contributed by atoms with Gasteiger partial charge in [-0.05, 0) is 134 Å². The summed E-state index contributed by atoms with van der Waals surface area (Å²) in [7, 11) is 0. The normalized spacial score (nSPS) is 12.3. The van der Waals surface area contributed by atoms with Gasteiger partial charge in [-0.3, -0.25) is 9.55 Å². The molecule has 0 radical (unpaired) electrons. The quantitative estimate of drug-likeness (QED) is 0.165. The van der Waals surface area contributed by atoms with Crippen LogP contribution in [-0.2, 0) is 16.2 Å². The molecule has 0 saturated heterocycles. The number of pyridine rings is 1. The summed E-state index contributed by atoms with van der Waals surface area (Å²) >= 11 is 0. The number of rotatable bonds is 8. The Hall–Kier alpha value is -8.80. The van der Waals surface area contributed by atoms with Crippen LogP contribution in [0, 0.1) is 0 Å². The van der Waals surface area contributed by atoms with Gasteiger partial charge in [-0.15, -0.1) is 0 Å². The Kier molecular flexibility index (Phi) is 12.0. The average Bonchev–Trinajstić information content (AvgIpc) is 4.15. The monoisotopic (exact) mass is 1000 g/mol. The van der Waals surface area contributed by atoms with Crippen molar-refractivity contribution < 1.29 is 5.11 Å². The van der Waals surface area contributed by atoms with Gasteiger partial charge < -0.3 is 9.67 Å². The zero-order valence-corrected chi connectivity index (χ0v) is 45.5. The van der Waals surface area contributed by atoms with Crippen LogP contribution >= 0.6 is 0 Å². The van der Waals surface area contributed by atoms with Gasteiger partial charge in [0, 0.05) is 50.6 Å². The van der Waals surface area contributed by atoms with Crippen molar-refractivity contribution in [3.63, 3.8) is 0 Å². The topological polar surface area (TPSA) is 55.9 Å². The van der Waals surface area contributed by atoms with Crippen LogP contribution < -0.4 is 0 Å². The first-order valence-corrected chi connectivity index (χ1v) is 26.9. The van der Waals surface area contributed by atoms with Gasteiger partial charge in [-0.1, -0.05) is 202 Å². The van der Waals surface area contributed by atoms with Crippen molar-refractivity contribution in [2.75, 3.05) is 0 Å². The molecule has 0 atom stereocenters. The SMILES string of the molecule is CC(C)(C)c1ccc(-c2ccccc2)c(-c2cc(-c3cc(-c4cccc5c6ccccc6n(-c6ccccc6)c45)ccn3)cc(-c3cccc4c3nc(-c3cc(C(C)(C)C)cc(C(C)(C)C)c3O)n4-c3ccccc3)c2)c1. The molecule has 9 aromatic carbocycles. The second kappa shape index (κ2) is 18.8. The van der Waals surface area contributed by atoms with Crippen molar-refractivity contribution in [1.82, 2.24) is 19.1 Å². The number of phenolic OH excluding ortho intramolecular Hbond substituents is 1. The standard InChI is InChI=1S/C72H64N4O/c1-70(2,3)51-35-36-55(46-23-13-10-14-24-46)60(43-51)49-39-48(40-50(41-49)63-42-47(37-38-73-63)57-31-21-32-59-58-29-19-20-33-64(58)75(67(57)59)53-25-15-11-16-26-53)56-30-22-34-65-66(56)74-69(76(65)54-27-17-12-18-28-54)61-44-52(71(4,5)6)45-62(68(61)77)72(7,8)9/h10-45,77H,1-9H3. The molecule has 0 aliphatic heterocycles. The molecule has 1 N–H and O–H groups in total. The van der Waals surface area contributed by atoms with Crippen LogP contribution in [0.25, 0.3) is 111 Å². The molecule has 3 heterocycles. The highest BCUT2D eigenvalue weighted by Crippen LogP contribution is 2.47. The van der Waals surface area contributed by atoms with E-state index in [-0.39, 0.29) is 22.0 Å². The summed E-state index contributed by atoms with van der Waals surface area (Å²) in [6.07, 6.45) is 1.96. The lowest BCUT2D eigenvalue weighted by atomic mass is 9.79. The number of aromatic hydroxyl groups is 1. The molecule has 12 aromatic rings. The number of fused-ring (bicyclic) bond motifs is 4. The first-order chi connectivity index (χ1) is 37.0. The number of benzene rings is 9. The van der Waals surface area contributed by atoms with Crippen molar-refractivity contribution in [2.24, 2.45) is 0 Å². The van der Waals surface area contributed by atoms with E-state index in [0.29, 0.717) is 11.4 Å². The molecular weight excluding hydrogens is 937 g/mol. The van der Waals surface area contributed by atoms with Crippen molar-refractivity contribution in [3.05, 3.63) is 235 Å². The minimum absolute atomic E-state index is 0.0987. The Morgan fingerprint density at radius 2 is 0.948 bits per heavy atom. The minimum atomic E-state index is -0.327. The number of imidazole rings is 1. The van der Waals surface area contributed by atoms with E-state index in [9.17, 15) is 5.11 Å². The fraction of sp³-hybridized carbons (Fsp3) is 0.167. The largest absolute Gasteiger partial charge is 0.507 e. The van der Waals surface area contributed by atoms with Crippen LogP contribution in [0.3, 0.4) is 0 Å². The highest BCUT2D eigenvalue weighted by atomic mass is 16.3. The van der Waals surface area contributed by atoms with Gasteiger partial charge in [-0.2, -0.15) is 0 Å². The van der Waals surface area contributed by atoms with E-state index in [4.69, 9.17) is 9.97 Å². The molecule has 5 nitrogen and oxygen atoms in total. The molecule has 12 rings (SSSR count). The zero-order chi connectivity index (χ0) is 53.4. The van der Waals surface area contributed by atoms with Gasteiger partial charge in [0.2, 0.25) is 0 Å². The van der Waals surface area contributed by atoms with Gasteiger partial charge >= 0.3 is 0 Å². The third-order valence-corrected chi connectivity index (χ3v) is 15.3. The minimum Gasteiger partial charge on any atom is -0.507 e. The Labute approximate surface area is 452 Å². The molecule has 0 amide bonds. The maximum atomic E-state index is 12.5. The van der Waals surface area contributed by atoms with Crippen LogP contribution in [0.4, 0.5) is 0 Å². The summed E-state index contributed by atoms with van der Waals surface area (Å²) in [6.45, 7) is 20.0. The van der Waals surface area contributed by atoms with Crippen LogP contribution in [-0.4, -0.2) is 24.2 Å². The lowest BCUT2D eigenvalue weighted by Gasteiger charge is -2.27. The van der Waals surface area contributed by atoms with Crippen molar-refractivity contribution >= 4 is 32.8 Å². The van der Waals surface area contributed by atoms with Gasteiger partial charge in [0.15, 0.2) is 0 Å². The van der Waals surface area contributed by atoms with Crippen LogP contribution in [0.1, 0.15) is 79.0 Å². The Bertz CT molecular complexity index is 4200. The van der Waals surface area contributed by atoms with Gasteiger partial charge in [0.25, 0.3) is 0 Å². The van der Waals surface area contributed by atoms with Crippen molar-refractivity contribution in [1.29, 1.82) is 0 Å². The molecule has 378 valence electrons. The first kappa shape index (κ1) is 49.1. The lowest BCUT2D eigenvalue weighted by molar-refractivity contribution is 0.446. The molecule has 0 spiro atoms. The molecular formula is C72H64N4O. The van der Waals surface area contributed by atoms with Gasteiger partial charge in [-0.25, -0.2) is 4.98 Å². The number of para-hydroxylation sites is 5. The van der Waals surface area contributed by atoms with Crippen molar-refractivity contribution in [3.8, 4) is 84.3 Å². The molecule has 0 unspecified atom stereocenters. The third-order valence-electron chi connectivity index (χ3n) is 15.3. The fourth-order valence-electron chi connectivity index (χ4n) is 11.2. The van der Waals surface area contributed by atoms with E-state index in [1.165, 1.54) is 21.9 Å². The Balaban J connectivity index is 1.13. The third kappa shape index (κ3) is 8.90. The highest BCUT2D eigenvalue weighted by Gasteiger charge is 2.29. The molecule has 5 heteroatoms. The molecule has 0 aliphatic rings. The van der Waals surface area contributed by atoms with E-state index in [1.807, 2.05) is 12.3 Å². The van der Waals surface area contributed by atoms with E-state index in [2.05, 4.69) is 278 Å². The van der Waals surface area contributed by atoms with Gasteiger partial charge in [0.05, 0.1) is 33.3 Å².